The molecule has 1 atom stereocenters. The maximum Gasteiger partial charge on any atom is 0.257 e. The van der Waals surface area contributed by atoms with Crippen LogP contribution in [0.15, 0.2) is 58.9 Å². The lowest BCUT2D eigenvalue weighted by Crippen LogP contribution is -2.27. The van der Waals surface area contributed by atoms with Crippen LogP contribution in [0.3, 0.4) is 0 Å². The fourth-order valence-electron chi connectivity index (χ4n) is 2.99. The number of thioether (sulfide) groups is 2. The molecule has 1 aliphatic heterocycles. The third kappa shape index (κ3) is 4.63. The molecule has 9 heteroatoms. The zero-order valence-corrected chi connectivity index (χ0v) is 18.0. The summed E-state index contributed by atoms with van der Waals surface area (Å²) in [6, 6.07) is 17.4. The smallest absolute Gasteiger partial charge is 0.257 e. The minimum Gasteiger partial charge on any atom is -0.322 e. The molecule has 29 heavy (non-hydrogen) atoms. The molecule has 1 N–H and O–H groups in total. The van der Waals surface area contributed by atoms with Crippen molar-refractivity contribution < 1.29 is 9.59 Å². The van der Waals surface area contributed by atoms with E-state index in [2.05, 4.69) is 15.5 Å². The van der Waals surface area contributed by atoms with Gasteiger partial charge in [-0.3, -0.25) is 14.9 Å². The molecule has 3 aromatic rings. The highest BCUT2D eigenvalue weighted by Gasteiger charge is 2.32. The SMILES string of the molecule is CSc1nnc(NC(=O)c2ccc([C@H]3SCC(=O)N3Cc3ccccc3)cc2)s1. The van der Waals surface area contributed by atoms with Gasteiger partial charge in [0.1, 0.15) is 5.37 Å². The number of carbonyl (C=O) groups excluding carboxylic acids is 2. The molecule has 0 spiro atoms. The highest BCUT2D eigenvalue weighted by Crippen LogP contribution is 2.39. The average Bonchev–Trinajstić information content (AvgIpc) is 3.35. The van der Waals surface area contributed by atoms with Crippen LogP contribution in [0, 0.1) is 0 Å². The lowest BCUT2D eigenvalue weighted by Gasteiger charge is -2.24. The molecule has 0 unspecified atom stereocenters. The van der Waals surface area contributed by atoms with Crippen molar-refractivity contribution in [2.24, 2.45) is 0 Å². The van der Waals surface area contributed by atoms with E-state index in [4.69, 9.17) is 0 Å². The van der Waals surface area contributed by atoms with E-state index >= 15 is 0 Å². The summed E-state index contributed by atoms with van der Waals surface area (Å²) in [6.45, 7) is 0.578. The first-order chi connectivity index (χ1) is 14.1. The van der Waals surface area contributed by atoms with Crippen molar-refractivity contribution in [2.75, 3.05) is 17.3 Å². The van der Waals surface area contributed by atoms with E-state index in [1.54, 1.807) is 23.9 Å². The molecule has 2 amide bonds. The Hall–Kier alpha value is -2.36. The van der Waals surface area contributed by atoms with Crippen LogP contribution in [-0.4, -0.2) is 38.9 Å². The van der Waals surface area contributed by atoms with Gasteiger partial charge in [-0.2, -0.15) is 0 Å². The number of hydrogen-bond acceptors (Lipinski definition) is 7. The van der Waals surface area contributed by atoms with Gasteiger partial charge in [0.2, 0.25) is 11.0 Å². The second-order valence-electron chi connectivity index (χ2n) is 6.32. The molecule has 0 bridgehead atoms. The number of rotatable bonds is 6. The molecule has 2 aromatic carbocycles. The van der Waals surface area contributed by atoms with E-state index in [-0.39, 0.29) is 17.2 Å². The molecule has 1 aliphatic rings. The van der Waals surface area contributed by atoms with Gasteiger partial charge >= 0.3 is 0 Å². The maximum atomic E-state index is 12.5. The van der Waals surface area contributed by atoms with Gasteiger partial charge in [0.05, 0.1) is 5.75 Å². The zero-order chi connectivity index (χ0) is 20.2. The minimum absolute atomic E-state index is 0.0490. The monoisotopic (exact) mass is 442 g/mol. The van der Waals surface area contributed by atoms with E-state index in [0.717, 1.165) is 15.5 Å². The number of aromatic nitrogens is 2. The molecular formula is C20H18N4O2S3. The first kappa shape index (κ1) is 19.9. The Bertz CT molecular complexity index is 1010. The molecule has 0 radical (unpaired) electrons. The second kappa shape index (κ2) is 8.98. The van der Waals surface area contributed by atoms with E-state index in [1.165, 1.54) is 23.1 Å². The van der Waals surface area contributed by atoms with Crippen LogP contribution in [0.25, 0.3) is 0 Å². The summed E-state index contributed by atoms with van der Waals surface area (Å²) in [4.78, 5) is 26.7. The molecule has 6 nitrogen and oxygen atoms in total. The zero-order valence-electron chi connectivity index (χ0n) is 15.6. The fourth-order valence-corrected chi connectivity index (χ4v) is 5.35. The van der Waals surface area contributed by atoms with Gasteiger partial charge in [-0.05, 0) is 29.5 Å². The number of hydrogen-bond donors (Lipinski definition) is 1. The van der Waals surface area contributed by atoms with Gasteiger partial charge in [0.25, 0.3) is 5.91 Å². The van der Waals surface area contributed by atoms with Crippen molar-refractivity contribution in [1.29, 1.82) is 0 Å². The third-order valence-corrected chi connectivity index (χ3v) is 7.49. The van der Waals surface area contributed by atoms with Crippen LogP contribution in [0.4, 0.5) is 5.13 Å². The van der Waals surface area contributed by atoms with Crippen LogP contribution >= 0.6 is 34.9 Å². The largest absolute Gasteiger partial charge is 0.322 e. The number of amides is 2. The van der Waals surface area contributed by atoms with Gasteiger partial charge in [0.15, 0.2) is 4.34 Å². The molecule has 1 saturated heterocycles. The Morgan fingerprint density at radius 3 is 2.62 bits per heavy atom. The molecule has 1 aromatic heterocycles. The van der Waals surface area contributed by atoms with Crippen molar-refractivity contribution in [2.45, 2.75) is 16.3 Å². The van der Waals surface area contributed by atoms with E-state index in [9.17, 15) is 9.59 Å². The van der Waals surface area contributed by atoms with Gasteiger partial charge in [-0.25, -0.2) is 0 Å². The van der Waals surface area contributed by atoms with Gasteiger partial charge < -0.3 is 4.90 Å². The molecule has 0 aliphatic carbocycles. The predicted molar refractivity (Wildman–Crippen MR) is 118 cm³/mol. The normalized spacial score (nSPS) is 16.2. The van der Waals surface area contributed by atoms with Crippen LogP contribution in [-0.2, 0) is 11.3 Å². The van der Waals surface area contributed by atoms with Gasteiger partial charge in [-0.15, -0.1) is 22.0 Å². The summed E-state index contributed by atoms with van der Waals surface area (Å²) < 4.78 is 0.803. The fraction of sp³-hybridized carbons (Fsp3) is 0.200. The molecule has 148 valence electrons. The number of anilines is 1. The van der Waals surface area contributed by atoms with Crippen molar-refractivity contribution in [3.63, 3.8) is 0 Å². The molecular weight excluding hydrogens is 424 g/mol. The summed E-state index contributed by atoms with van der Waals surface area (Å²) in [6.07, 6.45) is 1.91. The topological polar surface area (TPSA) is 75.2 Å². The summed E-state index contributed by atoms with van der Waals surface area (Å²) in [5, 5.41) is 11.1. The number of nitrogens with one attached hydrogen (secondary N) is 1. The molecule has 0 saturated carbocycles. The molecule has 1 fully saturated rings. The highest BCUT2D eigenvalue weighted by molar-refractivity contribution is 8.00. The summed E-state index contributed by atoms with van der Waals surface area (Å²) in [5.74, 6) is 0.373. The third-order valence-electron chi connectivity index (χ3n) is 4.42. The predicted octanol–water partition coefficient (Wildman–Crippen LogP) is 4.29. The Morgan fingerprint density at radius 2 is 1.93 bits per heavy atom. The maximum absolute atomic E-state index is 12.5. The van der Waals surface area contributed by atoms with Crippen molar-refractivity contribution >= 4 is 51.8 Å². The Morgan fingerprint density at radius 1 is 1.17 bits per heavy atom. The lowest BCUT2D eigenvalue weighted by molar-refractivity contribution is -0.128. The van der Waals surface area contributed by atoms with E-state index in [1.807, 2.05) is 53.6 Å². The lowest BCUT2D eigenvalue weighted by atomic mass is 10.1. The van der Waals surface area contributed by atoms with Gasteiger partial charge in [0, 0.05) is 12.1 Å². The summed E-state index contributed by atoms with van der Waals surface area (Å²) in [5.41, 5.74) is 2.65. The average molecular weight is 443 g/mol. The first-order valence-corrected chi connectivity index (χ1v) is 12.0. The standard InChI is InChI=1S/C20H18N4O2S3/c1-27-20-23-22-19(29-20)21-17(26)14-7-9-15(10-8-14)18-24(16(25)12-28-18)11-13-5-3-2-4-6-13/h2-10,18H,11-12H2,1H3,(H,21,22,26)/t18-/m1/s1. The van der Waals surface area contributed by atoms with Gasteiger partial charge in [-0.1, -0.05) is 65.6 Å². The van der Waals surface area contributed by atoms with E-state index in [0.29, 0.717) is 23.0 Å². The van der Waals surface area contributed by atoms with Crippen LogP contribution < -0.4 is 5.32 Å². The first-order valence-electron chi connectivity index (χ1n) is 8.88. The Labute approximate surface area is 181 Å². The van der Waals surface area contributed by atoms with Crippen LogP contribution in [0.1, 0.15) is 26.9 Å². The van der Waals surface area contributed by atoms with Crippen LogP contribution in [0.5, 0.6) is 0 Å². The quantitative estimate of drug-likeness (QED) is 0.453. The number of nitrogens with zero attached hydrogens (tertiary/aromatic N) is 3. The molecule has 2 heterocycles. The van der Waals surface area contributed by atoms with E-state index < -0.39 is 0 Å². The number of benzene rings is 2. The Kier molecular flexibility index (Phi) is 6.17. The summed E-state index contributed by atoms with van der Waals surface area (Å²) in [7, 11) is 0. The minimum atomic E-state index is -0.225. The van der Waals surface area contributed by atoms with Crippen LogP contribution in [0.2, 0.25) is 0 Å². The van der Waals surface area contributed by atoms with Crippen molar-refractivity contribution in [3.8, 4) is 0 Å². The molecule has 4 rings (SSSR count). The Balaban J connectivity index is 1.46. The number of carbonyl (C=O) groups is 2. The summed E-state index contributed by atoms with van der Waals surface area (Å²) >= 11 is 4.44. The van der Waals surface area contributed by atoms with Crippen molar-refractivity contribution in [1.82, 2.24) is 15.1 Å². The second-order valence-corrected chi connectivity index (χ2v) is 9.42. The highest BCUT2D eigenvalue weighted by atomic mass is 32.2. The van der Waals surface area contributed by atoms with Crippen molar-refractivity contribution in [3.05, 3.63) is 71.3 Å².